The molecule has 1 amide bonds. The van der Waals surface area contributed by atoms with Gasteiger partial charge in [0.1, 0.15) is 6.04 Å². The minimum Gasteiger partial charge on any atom is -0.480 e. The van der Waals surface area contributed by atoms with Gasteiger partial charge >= 0.3 is 13.1 Å². The molecule has 0 radical (unpaired) electrons. The molecule has 0 aliphatic carbocycles. The van der Waals surface area contributed by atoms with E-state index in [9.17, 15) is 14.7 Å². The van der Waals surface area contributed by atoms with E-state index in [1.165, 1.54) is 11.8 Å². The minimum atomic E-state index is -1.04. The van der Waals surface area contributed by atoms with E-state index in [0.29, 0.717) is 24.5 Å². The number of carbonyl (C=O) groups is 2. The number of piperazine rings is 1. The van der Waals surface area contributed by atoms with Gasteiger partial charge in [-0.1, -0.05) is 0 Å². The normalized spacial score (nSPS) is 24.2. The molecule has 0 aromatic carbocycles. The average molecular weight is 376 g/mol. The largest absolute Gasteiger partial charge is 0.498 e. The Hall–Kier alpha value is -2.20. The van der Waals surface area contributed by atoms with Crippen LogP contribution in [-0.2, 0) is 18.9 Å². The summed E-state index contributed by atoms with van der Waals surface area (Å²) in [5.41, 5.74) is -0.197. The highest BCUT2D eigenvalue weighted by molar-refractivity contribution is 6.61. The van der Waals surface area contributed by atoms with E-state index in [1.807, 2.05) is 27.7 Å². The molecule has 1 aromatic rings. The first kappa shape index (κ1) is 19.6. The monoisotopic (exact) mass is 376 g/mol. The summed E-state index contributed by atoms with van der Waals surface area (Å²) in [6.07, 6.45) is 3.27. The van der Waals surface area contributed by atoms with Crippen molar-refractivity contribution in [3.63, 3.8) is 0 Å². The van der Waals surface area contributed by atoms with Gasteiger partial charge in [-0.2, -0.15) is 0 Å². The van der Waals surface area contributed by atoms with Crippen LogP contribution in [0.3, 0.4) is 0 Å². The number of carbonyl (C=O) groups excluding carboxylic acids is 1. The number of aromatic nitrogens is 2. The first-order valence-corrected chi connectivity index (χ1v) is 8.94. The zero-order valence-corrected chi connectivity index (χ0v) is 16.3. The number of nitrogens with zero attached hydrogens (tertiary/aromatic N) is 4. The third-order valence-corrected chi connectivity index (χ3v) is 5.54. The van der Waals surface area contributed by atoms with Gasteiger partial charge in [0, 0.05) is 37.9 Å². The molecule has 2 saturated heterocycles. The summed E-state index contributed by atoms with van der Waals surface area (Å²) >= 11 is 0. The van der Waals surface area contributed by atoms with Gasteiger partial charge in [0.2, 0.25) is 11.9 Å². The van der Waals surface area contributed by atoms with Crippen LogP contribution >= 0.6 is 0 Å². The van der Waals surface area contributed by atoms with Crippen molar-refractivity contribution in [1.82, 2.24) is 14.9 Å². The lowest BCUT2D eigenvalue weighted by Gasteiger charge is -2.38. The fraction of sp³-hybridized carbons (Fsp3) is 0.647. The van der Waals surface area contributed by atoms with Crippen molar-refractivity contribution in [2.75, 3.05) is 24.5 Å². The van der Waals surface area contributed by atoms with Crippen LogP contribution < -0.4 is 10.4 Å². The third kappa shape index (κ3) is 3.63. The Bertz CT molecular complexity index is 723. The van der Waals surface area contributed by atoms with Gasteiger partial charge in [-0.25, -0.2) is 14.8 Å². The van der Waals surface area contributed by atoms with Gasteiger partial charge in [0.25, 0.3) is 0 Å². The summed E-state index contributed by atoms with van der Waals surface area (Å²) in [5, 5.41) is 9.41. The highest BCUT2D eigenvalue weighted by Crippen LogP contribution is 2.36. The average Bonchev–Trinajstić information content (AvgIpc) is 2.82. The Morgan fingerprint density at radius 3 is 2.19 bits per heavy atom. The van der Waals surface area contributed by atoms with E-state index in [2.05, 4.69) is 9.97 Å². The summed E-state index contributed by atoms with van der Waals surface area (Å²) in [7, 11) is -0.551. The molecule has 2 aliphatic rings. The van der Waals surface area contributed by atoms with Gasteiger partial charge in [-0.05, 0) is 27.7 Å². The molecule has 9 nitrogen and oxygen atoms in total. The van der Waals surface area contributed by atoms with Gasteiger partial charge in [-0.15, -0.1) is 0 Å². The first-order valence-electron chi connectivity index (χ1n) is 8.94. The fourth-order valence-electron chi connectivity index (χ4n) is 3.15. The van der Waals surface area contributed by atoms with Crippen LogP contribution in [0.5, 0.6) is 0 Å². The van der Waals surface area contributed by atoms with Crippen LogP contribution in [0.1, 0.15) is 34.6 Å². The second-order valence-corrected chi connectivity index (χ2v) is 7.92. The van der Waals surface area contributed by atoms with Crippen molar-refractivity contribution in [3.05, 3.63) is 12.4 Å². The topological polar surface area (TPSA) is 105 Å². The highest BCUT2D eigenvalue weighted by Gasteiger charge is 2.52. The summed E-state index contributed by atoms with van der Waals surface area (Å²) in [4.78, 5) is 35.0. The van der Waals surface area contributed by atoms with E-state index in [1.54, 1.807) is 17.3 Å². The van der Waals surface area contributed by atoms with E-state index < -0.39 is 30.3 Å². The molecule has 146 valence electrons. The second-order valence-electron chi connectivity index (χ2n) is 7.92. The molecule has 27 heavy (non-hydrogen) atoms. The zero-order valence-electron chi connectivity index (χ0n) is 16.3. The van der Waals surface area contributed by atoms with Crippen molar-refractivity contribution in [2.24, 2.45) is 0 Å². The lowest BCUT2D eigenvalue weighted by molar-refractivity contribution is -0.149. The maximum Gasteiger partial charge on any atom is 0.498 e. The van der Waals surface area contributed by atoms with Crippen LogP contribution in [0.15, 0.2) is 12.4 Å². The van der Waals surface area contributed by atoms with Crippen molar-refractivity contribution in [2.45, 2.75) is 51.9 Å². The number of rotatable bonds is 3. The summed E-state index contributed by atoms with van der Waals surface area (Å²) in [5.74, 6) is -0.868. The maximum absolute atomic E-state index is 11.6. The van der Waals surface area contributed by atoms with E-state index in [0.717, 1.165) is 0 Å². The van der Waals surface area contributed by atoms with Gasteiger partial charge in [0.15, 0.2) is 0 Å². The molecule has 0 spiro atoms. The molecule has 0 saturated carbocycles. The number of amides is 1. The Morgan fingerprint density at radius 1 is 1.15 bits per heavy atom. The summed E-state index contributed by atoms with van der Waals surface area (Å²) < 4.78 is 12.0. The van der Waals surface area contributed by atoms with E-state index >= 15 is 0 Å². The number of carboxylic acids is 1. The molecule has 1 unspecified atom stereocenters. The van der Waals surface area contributed by atoms with Crippen LogP contribution in [0.2, 0.25) is 0 Å². The van der Waals surface area contributed by atoms with Crippen molar-refractivity contribution in [3.8, 4) is 0 Å². The van der Waals surface area contributed by atoms with Gasteiger partial charge in [0.05, 0.1) is 17.7 Å². The molecule has 3 rings (SSSR count). The quantitative estimate of drug-likeness (QED) is 0.730. The molecule has 0 bridgehead atoms. The Labute approximate surface area is 158 Å². The van der Waals surface area contributed by atoms with Crippen molar-refractivity contribution in [1.29, 1.82) is 0 Å². The van der Waals surface area contributed by atoms with Crippen molar-refractivity contribution < 1.29 is 24.0 Å². The predicted octanol–water partition coefficient (Wildman–Crippen LogP) is -0.102. The molecule has 1 N–H and O–H groups in total. The lowest BCUT2D eigenvalue weighted by atomic mass is 9.81. The second kappa shape index (κ2) is 6.76. The van der Waals surface area contributed by atoms with E-state index in [4.69, 9.17) is 9.31 Å². The first-order chi connectivity index (χ1) is 12.5. The zero-order chi connectivity index (χ0) is 20.0. The number of hydrogen-bond donors (Lipinski definition) is 1. The number of hydrogen-bond acceptors (Lipinski definition) is 7. The highest BCUT2D eigenvalue weighted by atomic mass is 16.7. The van der Waals surface area contributed by atoms with Crippen LogP contribution in [0.25, 0.3) is 0 Å². The molecule has 2 aliphatic heterocycles. The Morgan fingerprint density at radius 2 is 1.70 bits per heavy atom. The van der Waals surface area contributed by atoms with Gasteiger partial charge in [-0.3, -0.25) is 4.79 Å². The minimum absolute atomic E-state index is 0.144. The predicted molar refractivity (Wildman–Crippen MR) is 98.8 cm³/mol. The summed E-state index contributed by atoms with van der Waals surface area (Å²) in [6, 6.07) is -0.914. The summed E-state index contributed by atoms with van der Waals surface area (Å²) in [6.45, 7) is 10.2. The lowest BCUT2D eigenvalue weighted by Crippen LogP contribution is -2.58. The fourth-order valence-corrected chi connectivity index (χ4v) is 3.15. The van der Waals surface area contributed by atoms with Crippen LogP contribution in [0.4, 0.5) is 5.95 Å². The maximum atomic E-state index is 11.6. The Balaban J connectivity index is 1.73. The van der Waals surface area contributed by atoms with Crippen LogP contribution in [-0.4, -0.2) is 75.8 Å². The molecule has 3 heterocycles. The van der Waals surface area contributed by atoms with Crippen molar-refractivity contribution >= 4 is 30.4 Å². The Kier molecular flexibility index (Phi) is 4.90. The molecular weight excluding hydrogens is 351 g/mol. The SMILES string of the molecule is CC(=O)N1CCN(c2ncc(B3OC(C)(C)C(C)(C)O3)cn2)CC1C(=O)O. The van der Waals surface area contributed by atoms with E-state index in [-0.39, 0.29) is 12.5 Å². The standard InChI is InChI=1S/C17H25BN4O5/c1-11(23)22-7-6-21(10-13(22)14(24)25)15-19-8-12(9-20-15)18-26-16(2,3)17(4,5)27-18/h8-9,13H,6-7,10H2,1-5H3,(H,24,25). The molecule has 10 heteroatoms. The molecule has 2 fully saturated rings. The van der Waals surface area contributed by atoms with Gasteiger partial charge < -0.3 is 24.2 Å². The molecular formula is C17H25BN4O5. The van der Waals surface area contributed by atoms with Crippen LogP contribution in [0, 0.1) is 0 Å². The smallest absolute Gasteiger partial charge is 0.480 e. The molecule has 1 aromatic heterocycles. The number of aliphatic carboxylic acids is 1. The number of anilines is 1. The molecule has 1 atom stereocenters. The number of carboxylic acid groups (broad SMARTS) is 1. The third-order valence-electron chi connectivity index (χ3n) is 5.54.